The highest BCUT2D eigenvalue weighted by molar-refractivity contribution is 5.14. The van der Waals surface area contributed by atoms with Gasteiger partial charge in [0.05, 0.1) is 19.8 Å². The highest BCUT2D eigenvalue weighted by Crippen LogP contribution is 2.36. The number of hydrogen-bond acceptors (Lipinski definition) is 6. The molecule has 3 fully saturated rings. The van der Waals surface area contributed by atoms with Gasteiger partial charge in [-0.15, -0.1) is 0 Å². The van der Waals surface area contributed by atoms with Crippen LogP contribution in [0.1, 0.15) is 30.4 Å². The van der Waals surface area contributed by atoms with Crippen LogP contribution >= 0.6 is 0 Å². The van der Waals surface area contributed by atoms with Crippen LogP contribution in [-0.2, 0) is 41.6 Å². The lowest BCUT2D eigenvalue weighted by atomic mass is 9.99. The minimum atomic E-state index is -0.465. The molecule has 0 radical (unpaired) electrons. The Morgan fingerprint density at radius 2 is 1.42 bits per heavy atom. The van der Waals surface area contributed by atoms with Gasteiger partial charge in [-0.1, -0.05) is 60.7 Å². The van der Waals surface area contributed by atoms with Crippen molar-refractivity contribution in [2.45, 2.75) is 69.5 Å². The molecule has 0 N–H and O–H groups in total. The van der Waals surface area contributed by atoms with Crippen LogP contribution in [0, 0.1) is 0 Å². The highest BCUT2D eigenvalue weighted by atomic mass is 16.8. The van der Waals surface area contributed by atoms with Gasteiger partial charge in [0, 0.05) is 6.61 Å². The van der Waals surface area contributed by atoms with Crippen LogP contribution < -0.4 is 0 Å². The minimum Gasteiger partial charge on any atom is -0.368 e. The average Bonchev–Trinajstić information content (AvgIpc) is 3.27. The van der Waals surface area contributed by atoms with Gasteiger partial charge in [0.25, 0.3) is 0 Å². The largest absolute Gasteiger partial charge is 0.368 e. The van der Waals surface area contributed by atoms with Crippen LogP contribution in [0.3, 0.4) is 0 Å². The molecule has 0 spiro atoms. The van der Waals surface area contributed by atoms with Crippen molar-refractivity contribution < 1.29 is 28.4 Å². The summed E-state index contributed by atoms with van der Waals surface area (Å²) in [6, 6.07) is 20.3. The van der Waals surface area contributed by atoms with Gasteiger partial charge in [0.1, 0.15) is 24.4 Å². The van der Waals surface area contributed by atoms with Gasteiger partial charge in [0.15, 0.2) is 12.6 Å². The molecule has 2 bridgehead atoms. The Kier molecular flexibility index (Phi) is 6.94. The Balaban J connectivity index is 1.33. The van der Waals surface area contributed by atoms with Crippen molar-refractivity contribution in [2.75, 3.05) is 13.2 Å². The first-order valence-corrected chi connectivity index (χ1v) is 11.2. The summed E-state index contributed by atoms with van der Waals surface area (Å²) in [6.07, 6.45) is 1.10. The van der Waals surface area contributed by atoms with E-state index >= 15 is 0 Å². The number of hydrogen-bond donors (Lipinski definition) is 0. The molecule has 0 saturated carbocycles. The maximum atomic E-state index is 6.44. The smallest absolute Gasteiger partial charge is 0.187 e. The lowest BCUT2D eigenvalue weighted by Crippen LogP contribution is -2.58. The van der Waals surface area contributed by atoms with Crippen LogP contribution in [0.25, 0.3) is 0 Å². The fraction of sp³-hybridized carbons (Fsp3) is 0.520. The summed E-state index contributed by atoms with van der Waals surface area (Å²) in [6.45, 7) is 2.14. The van der Waals surface area contributed by atoms with E-state index in [1.807, 2.05) is 36.4 Å². The van der Waals surface area contributed by atoms with Gasteiger partial charge in [-0.05, 0) is 30.4 Å². The normalized spacial score (nSPS) is 32.8. The van der Waals surface area contributed by atoms with Crippen LogP contribution in [0.5, 0.6) is 0 Å². The lowest BCUT2D eigenvalue weighted by molar-refractivity contribution is -0.305. The fourth-order valence-corrected chi connectivity index (χ4v) is 4.40. The van der Waals surface area contributed by atoms with E-state index in [4.69, 9.17) is 28.4 Å². The Morgan fingerprint density at radius 1 is 0.742 bits per heavy atom. The molecule has 2 aromatic rings. The molecular weight excluding hydrogens is 396 g/mol. The lowest BCUT2D eigenvalue weighted by Gasteiger charge is -2.42. The van der Waals surface area contributed by atoms with Crippen molar-refractivity contribution in [1.29, 1.82) is 0 Å². The van der Waals surface area contributed by atoms with Crippen LogP contribution in [0.15, 0.2) is 60.7 Å². The topological polar surface area (TPSA) is 55.4 Å². The van der Waals surface area contributed by atoms with Crippen molar-refractivity contribution >= 4 is 0 Å². The molecule has 0 aliphatic carbocycles. The minimum absolute atomic E-state index is 0.179. The summed E-state index contributed by atoms with van der Waals surface area (Å²) in [7, 11) is 0. The molecule has 6 nitrogen and oxygen atoms in total. The molecule has 6 atom stereocenters. The summed E-state index contributed by atoms with van der Waals surface area (Å²) in [5.74, 6) is 0. The van der Waals surface area contributed by atoms with Gasteiger partial charge in [-0.25, -0.2) is 0 Å². The van der Waals surface area contributed by atoms with Gasteiger partial charge < -0.3 is 28.4 Å². The molecule has 2 aromatic carbocycles. The summed E-state index contributed by atoms with van der Waals surface area (Å²) >= 11 is 0. The van der Waals surface area contributed by atoms with Crippen LogP contribution in [0.4, 0.5) is 0 Å². The number of fused-ring (bicyclic) bond motifs is 2. The van der Waals surface area contributed by atoms with Gasteiger partial charge in [-0.3, -0.25) is 0 Å². The van der Waals surface area contributed by atoms with E-state index in [9.17, 15) is 0 Å². The van der Waals surface area contributed by atoms with Crippen LogP contribution in [0.2, 0.25) is 0 Å². The molecule has 1 unspecified atom stereocenters. The summed E-state index contributed by atoms with van der Waals surface area (Å²) in [4.78, 5) is 0. The van der Waals surface area contributed by atoms with Crippen molar-refractivity contribution in [3.05, 3.63) is 71.8 Å². The summed E-state index contributed by atoms with van der Waals surface area (Å²) < 4.78 is 37.1. The number of rotatable bonds is 8. The van der Waals surface area contributed by atoms with Crippen molar-refractivity contribution in [1.82, 2.24) is 0 Å². The third-order valence-electron chi connectivity index (χ3n) is 6.03. The molecule has 166 valence electrons. The van der Waals surface area contributed by atoms with E-state index < -0.39 is 12.4 Å². The second kappa shape index (κ2) is 10.2. The number of benzene rings is 2. The van der Waals surface area contributed by atoms with Crippen LogP contribution in [-0.4, -0.2) is 50.2 Å². The van der Waals surface area contributed by atoms with E-state index in [1.165, 1.54) is 0 Å². The Labute approximate surface area is 183 Å². The maximum absolute atomic E-state index is 6.44. The first kappa shape index (κ1) is 21.1. The quantitative estimate of drug-likeness (QED) is 0.640. The Hall–Kier alpha value is -1.80. The molecule has 3 heterocycles. The van der Waals surface area contributed by atoms with Crippen molar-refractivity contribution in [3.8, 4) is 0 Å². The molecule has 31 heavy (non-hydrogen) atoms. The predicted octanol–water partition coefficient (Wildman–Crippen LogP) is 3.82. The molecule has 0 aromatic heterocycles. The molecule has 6 heteroatoms. The maximum Gasteiger partial charge on any atom is 0.187 e. The molecule has 3 aliphatic heterocycles. The monoisotopic (exact) mass is 426 g/mol. The SMILES string of the molecule is c1ccc(CO[C@@H]2[C@@H](OCc3ccccc3)[C@H]3CO[C@H](O3)[C@@H]2OC2CCCCO2)cc1. The molecule has 3 aliphatic rings. The van der Waals surface area contributed by atoms with E-state index in [-0.39, 0.29) is 24.6 Å². The third-order valence-corrected chi connectivity index (χ3v) is 6.03. The first-order chi connectivity index (χ1) is 15.4. The molecular formula is C25H30O6. The highest BCUT2D eigenvalue weighted by Gasteiger charge is 2.53. The first-order valence-electron chi connectivity index (χ1n) is 11.2. The Morgan fingerprint density at radius 3 is 2.06 bits per heavy atom. The average molecular weight is 427 g/mol. The Bertz CT molecular complexity index is 794. The van der Waals surface area contributed by atoms with E-state index in [0.29, 0.717) is 19.8 Å². The van der Waals surface area contributed by atoms with Gasteiger partial charge in [-0.2, -0.15) is 0 Å². The summed E-state index contributed by atoms with van der Waals surface area (Å²) in [5.41, 5.74) is 2.22. The molecule has 0 amide bonds. The third kappa shape index (κ3) is 5.17. The zero-order valence-corrected chi connectivity index (χ0v) is 17.6. The standard InChI is InChI=1S/C25H30O6/c1-3-9-18(10-4-1)15-27-22-20-17-29-25(30-20)24(31-21-13-7-8-14-26-21)23(22)28-16-19-11-5-2-6-12-19/h1-6,9-12,20-25H,7-8,13-17H2/t20-,21?,22+,23-,24-,25-/m1/s1. The summed E-state index contributed by atoms with van der Waals surface area (Å²) in [5, 5.41) is 0. The van der Waals surface area contributed by atoms with Crippen molar-refractivity contribution in [3.63, 3.8) is 0 Å². The van der Waals surface area contributed by atoms with Gasteiger partial charge >= 0.3 is 0 Å². The van der Waals surface area contributed by atoms with Gasteiger partial charge in [0.2, 0.25) is 0 Å². The van der Waals surface area contributed by atoms with E-state index in [0.717, 1.165) is 37.0 Å². The van der Waals surface area contributed by atoms with Crippen molar-refractivity contribution in [2.24, 2.45) is 0 Å². The van der Waals surface area contributed by atoms with E-state index in [1.54, 1.807) is 0 Å². The second-order valence-electron chi connectivity index (χ2n) is 8.30. The zero-order chi connectivity index (χ0) is 20.9. The fourth-order valence-electron chi connectivity index (χ4n) is 4.40. The second-order valence-corrected chi connectivity index (χ2v) is 8.30. The van der Waals surface area contributed by atoms with E-state index in [2.05, 4.69) is 24.3 Å². The molecule has 5 rings (SSSR count). The molecule has 3 saturated heterocycles. The predicted molar refractivity (Wildman–Crippen MR) is 113 cm³/mol. The zero-order valence-electron chi connectivity index (χ0n) is 17.6. The number of ether oxygens (including phenoxy) is 6.